The summed E-state index contributed by atoms with van der Waals surface area (Å²) < 4.78 is 18.6. The summed E-state index contributed by atoms with van der Waals surface area (Å²) in [6.45, 7) is 4.19. The molecule has 1 aliphatic rings. The average molecular weight is 396 g/mol. The van der Waals surface area contributed by atoms with E-state index in [1.165, 1.54) is 17.0 Å². The molecule has 0 spiro atoms. The van der Waals surface area contributed by atoms with Crippen molar-refractivity contribution in [3.05, 3.63) is 82.3 Å². The molecule has 0 N–H and O–H groups in total. The van der Waals surface area contributed by atoms with Gasteiger partial charge in [0.2, 0.25) is 0 Å². The van der Waals surface area contributed by atoms with Gasteiger partial charge < -0.3 is 9.64 Å². The van der Waals surface area contributed by atoms with Crippen LogP contribution in [0.2, 0.25) is 0 Å². The molecule has 2 heterocycles. The molecule has 6 heteroatoms. The lowest BCUT2D eigenvalue weighted by molar-refractivity contribution is 0.0629. The van der Waals surface area contributed by atoms with E-state index in [0.717, 1.165) is 32.7 Å². The SMILES string of the molecule is O=C(c1ccc(Oc2ccc(F)cc2)cc1)N1CCN(Cc2cccs2)CC1. The van der Waals surface area contributed by atoms with Crippen LogP contribution in [0, 0.1) is 5.82 Å². The molecule has 1 saturated heterocycles. The number of benzene rings is 2. The van der Waals surface area contributed by atoms with Crippen molar-refractivity contribution in [2.45, 2.75) is 6.54 Å². The highest BCUT2D eigenvalue weighted by Gasteiger charge is 2.22. The Morgan fingerprint density at radius 3 is 2.18 bits per heavy atom. The third kappa shape index (κ3) is 4.58. The molecule has 1 amide bonds. The van der Waals surface area contributed by atoms with Crippen molar-refractivity contribution in [2.75, 3.05) is 26.2 Å². The van der Waals surface area contributed by atoms with E-state index in [0.29, 0.717) is 17.1 Å². The summed E-state index contributed by atoms with van der Waals surface area (Å²) in [6.07, 6.45) is 0. The number of carbonyl (C=O) groups is 1. The van der Waals surface area contributed by atoms with Crippen molar-refractivity contribution >= 4 is 17.2 Å². The lowest BCUT2D eigenvalue weighted by Gasteiger charge is -2.34. The first-order valence-electron chi connectivity index (χ1n) is 9.25. The van der Waals surface area contributed by atoms with E-state index in [1.807, 2.05) is 4.90 Å². The smallest absolute Gasteiger partial charge is 0.253 e. The lowest BCUT2D eigenvalue weighted by atomic mass is 10.1. The second-order valence-corrected chi connectivity index (χ2v) is 7.76. The summed E-state index contributed by atoms with van der Waals surface area (Å²) in [5.74, 6) is 0.916. The number of piperazine rings is 1. The first kappa shape index (κ1) is 18.7. The number of nitrogens with zero attached hydrogens (tertiary/aromatic N) is 2. The van der Waals surface area contributed by atoms with Gasteiger partial charge in [-0.1, -0.05) is 6.07 Å². The topological polar surface area (TPSA) is 32.8 Å². The van der Waals surface area contributed by atoms with E-state index in [1.54, 1.807) is 47.7 Å². The highest BCUT2D eigenvalue weighted by molar-refractivity contribution is 7.09. The number of hydrogen-bond acceptors (Lipinski definition) is 4. The molecule has 0 saturated carbocycles. The van der Waals surface area contributed by atoms with Crippen molar-refractivity contribution in [2.24, 2.45) is 0 Å². The van der Waals surface area contributed by atoms with Gasteiger partial charge in [0.05, 0.1) is 0 Å². The standard InChI is InChI=1S/C22H21FN2O2S/c23-18-5-9-20(10-6-18)27-19-7-3-17(4-8-19)22(26)25-13-11-24(12-14-25)16-21-2-1-15-28-21/h1-10,15H,11-14,16H2. The van der Waals surface area contributed by atoms with Gasteiger partial charge >= 0.3 is 0 Å². The average Bonchev–Trinajstić information content (AvgIpc) is 3.23. The Morgan fingerprint density at radius 1 is 0.929 bits per heavy atom. The molecule has 0 unspecified atom stereocenters. The molecule has 144 valence electrons. The van der Waals surface area contributed by atoms with Crippen LogP contribution < -0.4 is 4.74 Å². The van der Waals surface area contributed by atoms with Crippen LogP contribution in [0.25, 0.3) is 0 Å². The van der Waals surface area contributed by atoms with E-state index in [2.05, 4.69) is 22.4 Å². The third-order valence-electron chi connectivity index (χ3n) is 4.77. The summed E-state index contributed by atoms with van der Waals surface area (Å²) in [5, 5.41) is 2.10. The van der Waals surface area contributed by atoms with E-state index in [9.17, 15) is 9.18 Å². The van der Waals surface area contributed by atoms with Crippen molar-refractivity contribution in [1.29, 1.82) is 0 Å². The lowest BCUT2D eigenvalue weighted by Crippen LogP contribution is -2.48. The van der Waals surface area contributed by atoms with Crippen LogP contribution in [0.3, 0.4) is 0 Å². The van der Waals surface area contributed by atoms with Gasteiger partial charge in [-0.2, -0.15) is 0 Å². The number of thiophene rings is 1. The van der Waals surface area contributed by atoms with Gasteiger partial charge in [-0.15, -0.1) is 11.3 Å². The number of halogens is 1. The van der Waals surface area contributed by atoms with Crippen molar-refractivity contribution in [3.63, 3.8) is 0 Å². The largest absolute Gasteiger partial charge is 0.457 e. The maximum absolute atomic E-state index is 13.0. The number of ether oxygens (including phenoxy) is 1. The predicted octanol–water partition coefficient (Wildman–Crippen LogP) is 4.64. The summed E-state index contributed by atoms with van der Waals surface area (Å²) in [6, 6.07) is 17.2. The molecule has 0 aliphatic carbocycles. The molecule has 0 atom stereocenters. The normalized spacial score (nSPS) is 14.8. The van der Waals surface area contributed by atoms with Gasteiger partial charge in [-0.3, -0.25) is 9.69 Å². The number of rotatable bonds is 5. The van der Waals surface area contributed by atoms with E-state index >= 15 is 0 Å². The van der Waals surface area contributed by atoms with Gasteiger partial charge in [-0.25, -0.2) is 4.39 Å². The number of carbonyl (C=O) groups excluding carboxylic acids is 1. The van der Waals surface area contributed by atoms with Crippen LogP contribution in [0.1, 0.15) is 15.2 Å². The first-order chi connectivity index (χ1) is 13.7. The van der Waals surface area contributed by atoms with E-state index in [-0.39, 0.29) is 11.7 Å². The Morgan fingerprint density at radius 2 is 1.57 bits per heavy atom. The van der Waals surface area contributed by atoms with Gasteiger partial charge in [0.1, 0.15) is 17.3 Å². The molecule has 0 radical (unpaired) electrons. The minimum atomic E-state index is -0.302. The summed E-state index contributed by atoms with van der Waals surface area (Å²) >= 11 is 1.77. The molecular weight excluding hydrogens is 375 g/mol. The summed E-state index contributed by atoms with van der Waals surface area (Å²) in [5.41, 5.74) is 0.651. The van der Waals surface area contributed by atoms with Crippen molar-refractivity contribution in [3.8, 4) is 11.5 Å². The maximum Gasteiger partial charge on any atom is 0.253 e. The molecular formula is C22H21FN2O2S. The van der Waals surface area contributed by atoms with Crippen LogP contribution >= 0.6 is 11.3 Å². The van der Waals surface area contributed by atoms with Crippen LogP contribution in [0.5, 0.6) is 11.5 Å². The zero-order chi connectivity index (χ0) is 19.3. The molecule has 1 aromatic heterocycles. The molecule has 1 fully saturated rings. The highest BCUT2D eigenvalue weighted by Crippen LogP contribution is 2.22. The van der Waals surface area contributed by atoms with Crippen LogP contribution in [-0.4, -0.2) is 41.9 Å². The maximum atomic E-state index is 13.0. The Kier molecular flexibility index (Phi) is 5.69. The predicted molar refractivity (Wildman–Crippen MR) is 108 cm³/mol. The fourth-order valence-electron chi connectivity index (χ4n) is 3.22. The zero-order valence-electron chi connectivity index (χ0n) is 15.4. The Labute approximate surface area is 167 Å². The van der Waals surface area contributed by atoms with Gasteiger partial charge in [0, 0.05) is 43.2 Å². The van der Waals surface area contributed by atoms with Crippen LogP contribution in [0.15, 0.2) is 66.0 Å². The monoisotopic (exact) mass is 396 g/mol. The zero-order valence-corrected chi connectivity index (χ0v) is 16.2. The van der Waals surface area contributed by atoms with Gasteiger partial charge in [0.25, 0.3) is 5.91 Å². The Bertz CT molecular complexity index is 903. The second-order valence-electron chi connectivity index (χ2n) is 6.73. The van der Waals surface area contributed by atoms with E-state index < -0.39 is 0 Å². The van der Waals surface area contributed by atoms with Crippen LogP contribution in [-0.2, 0) is 6.54 Å². The molecule has 1 aliphatic heterocycles. The van der Waals surface area contributed by atoms with E-state index in [4.69, 9.17) is 4.74 Å². The highest BCUT2D eigenvalue weighted by atomic mass is 32.1. The second kappa shape index (κ2) is 8.54. The fraction of sp³-hybridized carbons (Fsp3) is 0.227. The molecule has 3 aromatic rings. The fourth-order valence-corrected chi connectivity index (χ4v) is 3.97. The molecule has 4 nitrogen and oxygen atoms in total. The van der Waals surface area contributed by atoms with Gasteiger partial charge in [0.15, 0.2) is 0 Å². The Hall–Kier alpha value is -2.70. The summed E-state index contributed by atoms with van der Waals surface area (Å²) in [7, 11) is 0. The minimum absolute atomic E-state index is 0.0455. The van der Waals surface area contributed by atoms with Crippen LogP contribution in [0.4, 0.5) is 4.39 Å². The molecule has 0 bridgehead atoms. The number of hydrogen-bond donors (Lipinski definition) is 0. The third-order valence-corrected chi connectivity index (χ3v) is 5.63. The number of amides is 1. The van der Waals surface area contributed by atoms with Crippen molar-refractivity contribution in [1.82, 2.24) is 9.80 Å². The molecule has 4 rings (SSSR count). The van der Waals surface area contributed by atoms with Crippen molar-refractivity contribution < 1.29 is 13.9 Å². The Balaban J connectivity index is 1.31. The van der Waals surface area contributed by atoms with Gasteiger partial charge in [-0.05, 0) is 60.0 Å². The molecule has 28 heavy (non-hydrogen) atoms. The quantitative estimate of drug-likeness (QED) is 0.630. The first-order valence-corrected chi connectivity index (χ1v) is 10.1. The summed E-state index contributed by atoms with van der Waals surface area (Å²) in [4.78, 5) is 18.4. The minimum Gasteiger partial charge on any atom is -0.457 e. The molecule has 2 aromatic carbocycles.